The Kier molecular flexibility index (Phi) is 5.87. The third-order valence-corrected chi connectivity index (χ3v) is 2.15. The van der Waals surface area contributed by atoms with Crippen molar-refractivity contribution in [3.05, 3.63) is 12.2 Å². The topological polar surface area (TPSA) is 18.5 Å². The molecule has 76 valence electrons. The summed E-state index contributed by atoms with van der Waals surface area (Å²) >= 11 is 0. The van der Waals surface area contributed by atoms with E-state index in [1.165, 1.54) is 19.3 Å². The highest BCUT2D eigenvalue weighted by atomic mass is 16.7. The quantitative estimate of drug-likeness (QED) is 0.467. The van der Waals surface area contributed by atoms with Gasteiger partial charge in [0.1, 0.15) is 0 Å². The third kappa shape index (κ3) is 5.06. The predicted octanol–water partition coefficient (Wildman–Crippen LogP) is 2.89. The summed E-state index contributed by atoms with van der Waals surface area (Å²) in [6.07, 6.45) is 10.4. The fourth-order valence-electron chi connectivity index (χ4n) is 1.36. The maximum Gasteiger partial charge on any atom is 0.158 e. The highest BCUT2D eigenvalue weighted by Gasteiger charge is 2.13. The van der Waals surface area contributed by atoms with Gasteiger partial charge in [-0.3, -0.25) is 0 Å². The highest BCUT2D eigenvalue weighted by Crippen LogP contribution is 2.10. The van der Waals surface area contributed by atoms with E-state index in [1.807, 2.05) is 0 Å². The molecule has 1 saturated heterocycles. The van der Waals surface area contributed by atoms with E-state index in [9.17, 15) is 0 Å². The molecule has 0 spiro atoms. The average Bonchev–Trinajstić information content (AvgIpc) is 2.63. The van der Waals surface area contributed by atoms with Crippen molar-refractivity contribution in [2.24, 2.45) is 0 Å². The third-order valence-electron chi connectivity index (χ3n) is 2.15. The normalized spacial score (nSPS) is 18.8. The molecule has 0 aromatic rings. The van der Waals surface area contributed by atoms with E-state index >= 15 is 0 Å². The maximum absolute atomic E-state index is 5.32. The van der Waals surface area contributed by atoms with Crippen LogP contribution in [0.5, 0.6) is 0 Å². The van der Waals surface area contributed by atoms with E-state index < -0.39 is 0 Å². The van der Waals surface area contributed by atoms with Crippen molar-refractivity contribution < 1.29 is 9.47 Å². The van der Waals surface area contributed by atoms with Gasteiger partial charge in [0.15, 0.2) is 6.29 Å². The lowest BCUT2D eigenvalue weighted by molar-refractivity contribution is -0.0457. The molecule has 0 aromatic heterocycles. The summed E-state index contributed by atoms with van der Waals surface area (Å²) in [5.41, 5.74) is 0. The molecule has 1 fully saturated rings. The Morgan fingerprint density at radius 1 is 1.15 bits per heavy atom. The summed E-state index contributed by atoms with van der Waals surface area (Å²) in [5, 5.41) is 0. The molecule has 0 aromatic carbocycles. The molecule has 2 nitrogen and oxygen atoms in total. The van der Waals surface area contributed by atoms with Crippen LogP contribution < -0.4 is 0 Å². The Balaban J connectivity index is 1.90. The van der Waals surface area contributed by atoms with E-state index in [0.29, 0.717) is 0 Å². The number of rotatable bonds is 6. The largest absolute Gasteiger partial charge is 0.350 e. The monoisotopic (exact) mass is 184 g/mol. The molecule has 1 aliphatic rings. The minimum atomic E-state index is 0.0656. The van der Waals surface area contributed by atoms with Crippen LogP contribution in [0.15, 0.2) is 12.2 Å². The average molecular weight is 184 g/mol. The molecule has 1 heterocycles. The molecule has 0 unspecified atom stereocenters. The van der Waals surface area contributed by atoms with Crippen molar-refractivity contribution in [1.29, 1.82) is 0 Å². The van der Waals surface area contributed by atoms with Gasteiger partial charge in [0, 0.05) is 6.42 Å². The molecule has 1 rings (SSSR count). The fourth-order valence-corrected chi connectivity index (χ4v) is 1.36. The Morgan fingerprint density at radius 2 is 1.85 bits per heavy atom. The second kappa shape index (κ2) is 7.10. The van der Waals surface area contributed by atoms with Gasteiger partial charge in [-0.1, -0.05) is 31.9 Å². The first-order chi connectivity index (χ1) is 6.43. The Labute approximate surface area is 80.9 Å². The van der Waals surface area contributed by atoms with Gasteiger partial charge in [-0.05, 0) is 12.8 Å². The van der Waals surface area contributed by atoms with Gasteiger partial charge in [-0.25, -0.2) is 0 Å². The summed E-state index contributed by atoms with van der Waals surface area (Å²) in [5.74, 6) is 0. The van der Waals surface area contributed by atoms with Crippen LogP contribution >= 0.6 is 0 Å². The minimum Gasteiger partial charge on any atom is -0.350 e. The molecule has 13 heavy (non-hydrogen) atoms. The second-order valence-corrected chi connectivity index (χ2v) is 3.36. The van der Waals surface area contributed by atoms with Crippen molar-refractivity contribution in [3.8, 4) is 0 Å². The number of ether oxygens (including phenoxy) is 2. The molecule has 0 N–H and O–H groups in total. The number of allylic oxidation sites excluding steroid dienone is 2. The van der Waals surface area contributed by atoms with E-state index in [2.05, 4.69) is 19.1 Å². The van der Waals surface area contributed by atoms with Crippen LogP contribution in [0.1, 0.15) is 39.0 Å². The summed E-state index contributed by atoms with van der Waals surface area (Å²) in [4.78, 5) is 0. The van der Waals surface area contributed by atoms with Crippen LogP contribution in [0, 0.1) is 0 Å². The van der Waals surface area contributed by atoms with Gasteiger partial charge in [-0.2, -0.15) is 0 Å². The number of hydrogen-bond donors (Lipinski definition) is 0. The first-order valence-electron chi connectivity index (χ1n) is 5.31. The van der Waals surface area contributed by atoms with Gasteiger partial charge in [0.2, 0.25) is 0 Å². The highest BCUT2D eigenvalue weighted by molar-refractivity contribution is 4.81. The lowest BCUT2D eigenvalue weighted by atomic mass is 10.2. The Morgan fingerprint density at radius 3 is 2.54 bits per heavy atom. The minimum absolute atomic E-state index is 0.0656. The molecule has 0 radical (unpaired) electrons. The zero-order valence-electron chi connectivity index (χ0n) is 8.50. The maximum atomic E-state index is 5.32. The zero-order chi connectivity index (χ0) is 9.36. The summed E-state index contributed by atoms with van der Waals surface area (Å²) < 4.78 is 10.6. The molecule has 0 amide bonds. The van der Waals surface area contributed by atoms with Crippen molar-refractivity contribution in [3.63, 3.8) is 0 Å². The molecule has 0 atom stereocenters. The van der Waals surface area contributed by atoms with Gasteiger partial charge in [0.25, 0.3) is 0 Å². The molecular weight excluding hydrogens is 164 g/mol. The van der Waals surface area contributed by atoms with Crippen LogP contribution in [0.4, 0.5) is 0 Å². The van der Waals surface area contributed by atoms with Crippen molar-refractivity contribution in [2.45, 2.75) is 45.3 Å². The summed E-state index contributed by atoms with van der Waals surface area (Å²) in [7, 11) is 0. The van der Waals surface area contributed by atoms with E-state index in [-0.39, 0.29) is 6.29 Å². The zero-order valence-corrected chi connectivity index (χ0v) is 8.50. The van der Waals surface area contributed by atoms with Crippen molar-refractivity contribution in [2.75, 3.05) is 13.2 Å². The molecule has 1 aliphatic heterocycles. The number of hydrogen-bond acceptors (Lipinski definition) is 2. The van der Waals surface area contributed by atoms with Crippen molar-refractivity contribution in [1.82, 2.24) is 0 Å². The number of unbranched alkanes of at least 4 members (excludes halogenated alkanes) is 2. The van der Waals surface area contributed by atoms with Gasteiger partial charge >= 0.3 is 0 Å². The molecular formula is C11H20O2. The van der Waals surface area contributed by atoms with Gasteiger partial charge in [-0.15, -0.1) is 0 Å². The van der Waals surface area contributed by atoms with Crippen LogP contribution in [0.3, 0.4) is 0 Å². The summed E-state index contributed by atoms with van der Waals surface area (Å²) in [6, 6.07) is 0. The van der Waals surface area contributed by atoms with Crippen LogP contribution in [-0.4, -0.2) is 19.5 Å². The smallest absolute Gasteiger partial charge is 0.158 e. The lowest BCUT2D eigenvalue weighted by Gasteiger charge is -2.05. The fraction of sp³-hybridized carbons (Fsp3) is 0.818. The molecule has 2 heteroatoms. The standard InChI is InChI=1S/C11H20O2/c1-2-3-4-5-6-7-8-11-12-9-10-13-11/h5-6,11H,2-4,7-10H2,1H3/b6-5+. The van der Waals surface area contributed by atoms with Crippen molar-refractivity contribution >= 4 is 0 Å². The first-order valence-corrected chi connectivity index (χ1v) is 5.31. The van der Waals surface area contributed by atoms with Gasteiger partial charge in [0.05, 0.1) is 13.2 Å². The molecule has 0 bridgehead atoms. The van der Waals surface area contributed by atoms with Crippen LogP contribution in [0.25, 0.3) is 0 Å². The van der Waals surface area contributed by atoms with E-state index in [0.717, 1.165) is 26.1 Å². The van der Waals surface area contributed by atoms with Gasteiger partial charge < -0.3 is 9.47 Å². The van der Waals surface area contributed by atoms with E-state index in [1.54, 1.807) is 0 Å². The Bertz CT molecular complexity index is 137. The predicted molar refractivity (Wildman–Crippen MR) is 53.6 cm³/mol. The van der Waals surface area contributed by atoms with Crippen LogP contribution in [0.2, 0.25) is 0 Å². The lowest BCUT2D eigenvalue weighted by Crippen LogP contribution is -2.05. The summed E-state index contributed by atoms with van der Waals surface area (Å²) in [6.45, 7) is 3.75. The van der Waals surface area contributed by atoms with E-state index in [4.69, 9.17) is 9.47 Å². The van der Waals surface area contributed by atoms with Crippen LogP contribution in [-0.2, 0) is 9.47 Å². The molecule has 0 saturated carbocycles. The SMILES string of the molecule is CCCC/C=C/CCC1OCCO1. The molecule has 0 aliphatic carbocycles. The second-order valence-electron chi connectivity index (χ2n) is 3.36. The first kappa shape index (κ1) is 10.7. The Hall–Kier alpha value is -0.340.